The Kier molecular flexibility index (Phi) is 5.63. The van der Waals surface area contributed by atoms with E-state index in [2.05, 4.69) is 5.32 Å². The molecule has 128 valence electrons. The van der Waals surface area contributed by atoms with Crippen molar-refractivity contribution in [2.24, 2.45) is 0 Å². The molecule has 1 aliphatic rings. The molecule has 1 unspecified atom stereocenters. The molecule has 0 heterocycles. The molecule has 4 nitrogen and oxygen atoms in total. The number of nitrogens with zero attached hydrogens (tertiary/aromatic N) is 1. The molecule has 0 aromatic heterocycles. The number of halogens is 1. The zero-order chi connectivity index (χ0) is 17.0. The van der Waals surface area contributed by atoms with Gasteiger partial charge in [0.05, 0.1) is 0 Å². The number of hydrogen-bond donors (Lipinski definition) is 1. The number of amides is 1. The first kappa shape index (κ1) is 17.7. The first-order chi connectivity index (χ1) is 10.8. The van der Waals surface area contributed by atoms with Crippen molar-refractivity contribution in [2.45, 2.75) is 58.2 Å². The second-order valence-electron chi connectivity index (χ2n) is 7.14. The molecule has 0 spiro atoms. The number of carbonyl (C=O) groups is 1. The summed E-state index contributed by atoms with van der Waals surface area (Å²) in [5.74, 6) is -0.232. The monoisotopic (exact) mass is 322 g/mol. The molecule has 1 aromatic carbocycles. The molecule has 1 aliphatic carbocycles. The van der Waals surface area contributed by atoms with E-state index in [1.807, 2.05) is 33.8 Å². The summed E-state index contributed by atoms with van der Waals surface area (Å²) in [5.41, 5.74) is 0.423. The van der Waals surface area contributed by atoms with Gasteiger partial charge in [-0.05, 0) is 58.2 Å². The highest BCUT2D eigenvalue weighted by Gasteiger charge is 2.34. The van der Waals surface area contributed by atoms with Crippen LogP contribution in [-0.2, 0) is 4.74 Å². The summed E-state index contributed by atoms with van der Waals surface area (Å²) in [6.45, 7) is 8.86. The Balaban J connectivity index is 1.84. The van der Waals surface area contributed by atoms with Crippen LogP contribution in [-0.4, -0.2) is 35.7 Å². The standard InChI is InChI=1S/C18H27FN2O2/c1-13(14-6-5-7-15(19)12-14)20-10-11-21(16-8-9-16)17(22)23-18(2,3)4/h5-7,12-13,16,20H,8-11H2,1-4H3. The third-order valence-electron chi connectivity index (χ3n) is 3.77. The van der Waals surface area contributed by atoms with Gasteiger partial charge in [0.15, 0.2) is 0 Å². The van der Waals surface area contributed by atoms with Crippen molar-refractivity contribution >= 4 is 6.09 Å². The highest BCUT2D eigenvalue weighted by Crippen LogP contribution is 2.28. The van der Waals surface area contributed by atoms with Gasteiger partial charge in [0.1, 0.15) is 11.4 Å². The highest BCUT2D eigenvalue weighted by atomic mass is 19.1. The summed E-state index contributed by atoms with van der Waals surface area (Å²) in [7, 11) is 0. The first-order valence-electron chi connectivity index (χ1n) is 8.25. The van der Waals surface area contributed by atoms with E-state index < -0.39 is 5.60 Å². The van der Waals surface area contributed by atoms with Crippen LogP contribution in [0.2, 0.25) is 0 Å². The number of ether oxygens (including phenoxy) is 1. The SMILES string of the molecule is CC(NCCN(C(=O)OC(C)(C)C)C1CC1)c1cccc(F)c1. The molecule has 1 atom stereocenters. The van der Waals surface area contributed by atoms with Crippen molar-refractivity contribution in [3.8, 4) is 0 Å². The number of hydrogen-bond acceptors (Lipinski definition) is 3. The van der Waals surface area contributed by atoms with Crippen LogP contribution in [0.5, 0.6) is 0 Å². The topological polar surface area (TPSA) is 41.6 Å². The van der Waals surface area contributed by atoms with Crippen LogP contribution in [0.4, 0.5) is 9.18 Å². The van der Waals surface area contributed by atoms with Crippen molar-refractivity contribution in [3.05, 3.63) is 35.6 Å². The fourth-order valence-electron chi connectivity index (χ4n) is 2.42. The van der Waals surface area contributed by atoms with Crippen LogP contribution >= 0.6 is 0 Å². The Morgan fingerprint density at radius 2 is 2.13 bits per heavy atom. The second kappa shape index (κ2) is 7.30. The van der Waals surface area contributed by atoms with Crippen molar-refractivity contribution in [1.82, 2.24) is 10.2 Å². The molecular weight excluding hydrogens is 295 g/mol. The van der Waals surface area contributed by atoms with Gasteiger partial charge in [-0.15, -0.1) is 0 Å². The number of nitrogens with one attached hydrogen (secondary N) is 1. The van der Waals surface area contributed by atoms with Crippen molar-refractivity contribution in [1.29, 1.82) is 0 Å². The molecule has 0 aliphatic heterocycles. The zero-order valence-electron chi connectivity index (χ0n) is 14.4. The van der Waals surface area contributed by atoms with Crippen LogP contribution in [0.1, 0.15) is 52.1 Å². The smallest absolute Gasteiger partial charge is 0.410 e. The Morgan fingerprint density at radius 3 is 2.70 bits per heavy atom. The Bertz CT molecular complexity index is 538. The predicted octanol–water partition coefficient (Wildman–Crippen LogP) is 3.88. The Labute approximate surface area is 138 Å². The molecule has 23 heavy (non-hydrogen) atoms. The van der Waals surface area contributed by atoms with Crippen LogP contribution in [0, 0.1) is 5.82 Å². The maximum Gasteiger partial charge on any atom is 0.410 e. The third-order valence-corrected chi connectivity index (χ3v) is 3.77. The molecule has 1 N–H and O–H groups in total. The zero-order valence-corrected chi connectivity index (χ0v) is 14.4. The van der Waals surface area contributed by atoms with E-state index in [9.17, 15) is 9.18 Å². The van der Waals surface area contributed by atoms with Gasteiger partial charge in [0.25, 0.3) is 0 Å². The summed E-state index contributed by atoms with van der Waals surface area (Å²) in [6.07, 6.45) is 1.83. The molecule has 1 saturated carbocycles. The summed E-state index contributed by atoms with van der Waals surface area (Å²) in [6, 6.07) is 6.91. The van der Waals surface area contributed by atoms with Gasteiger partial charge < -0.3 is 15.0 Å². The van der Waals surface area contributed by atoms with E-state index in [1.165, 1.54) is 12.1 Å². The Hall–Kier alpha value is -1.62. The van der Waals surface area contributed by atoms with Crippen molar-refractivity contribution in [3.63, 3.8) is 0 Å². The van der Waals surface area contributed by atoms with E-state index in [1.54, 1.807) is 11.0 Å². The maximum absolute atomic E-state index is 13.3. The second-order valence-corrected chi connectivity index (χ2v) is 7.14. The summed E-state index contributed by atoms with van der Waals surface area (Å²) in [5, 5.41) is 3.34. The predicted molar refractivity (Wildman–Crippen MR) is 88.8 cm³/mol. The average molecular weight is 322 g/mol. The van der Waals surface area contributed by atoms with Gasteiger partial charge in [0.2, 0.25) is 0 Å². The fourth-order valence-corrected chi connectivity index (χ4v) is 2.42. The molecule has 0 radical (unpaired) electrons. The summed E-state index contributed by atoms with van der Waals surface area (Å²) < 4.78 is 18.7. The van der Waals surface area contributed by atoms with Crippen LogP contribution in [0.25, 0.3) is 0 Å². The molecule has 0 bridgehead atoms. The minimum atomic E-state index is -0.480. The van der Waals surface area contributed by atoms with Gasteiger partial charge in [-0.3, -0.25) is 0 Å². The van der Waals surface area contributed by atoms with E-state index >= 15 is 0 Å². The van der Waals surface area contributed by atoms with Gasteiger partial charge in [-0.25, -0.2) is 9.18 Å². The lowest BCUT2D eigenvalue weighted by Crippen LogP contribution is -2.42. The van der Waals surface area contributed by atoms with E-state index in [-0.39, 0.29) is 18.0 Å². The maximum atomic E-state index is 13.3. The van der Waals surface area contributed by atoms with E-state index in [4.69, 9.17) is 4.74 Å². The third kappa shape index (κ3) is 5.82. The fraction of sp³-hybridized carbons (Fsp3) is 0.611. The number of rotatable bonds is 6. The normalized spacial score (nSPS) is 16.0. The van der Waals surface area contributed by atoms with Gasteiger partial charge in [-0.1, -0.05) is 12.1 Å². The summed E-state index contributed by atoms with van der Waals surface area (Å²) >= 11 is 0. The highest BCUT2D eigenvalue weighted by molar-refractivity contribution is 5.69. The molecular formula is C18H27FN2O2. The van der Waals surface area contributed by atoms with Crippen LogP contribution in [0.15, 0.2) is 24.3 Å². The van der Waals surface area contributed by atoms with Crippen molar-refractivity contribution in [2.75, 3.05) is 13.1 Å². The Morgan fingerprint density at radius 1 is 1.43 bits per heavy atom. The molecule has 2 rings (SSSR count). The van der Waals surface area contributed by atoms with Gasteiger partial charge >= 0.3 is 6.09 Å². The summed E-state index contributed by atoms with van der Waals surface area (Å²) in [4.78, 5) is 14.1. The number of benzene rings is 1. The van der Waals surface area contributed by atoms with Crippen molar-refractivity contribution < 1.29 is 13.9 Å². The van der Waals surface area contributed by atoms with Gasteiger partial charge in [-0.2, -0.15) is 0 Å². The molecule has 1 aromatic rings. The average Bonchev–Trinajstić information content (AvgIpc) is 3.25. The lowest BCUT2D eigenvalue weighted by molar-refractivity contribution is 0.0235. The molecule has 1 fully saturated rings. The minimum absolute atomic E-state index is 0.0328. The molecule has 5 heteroatoms. The molecule has 0 saturated heterocycles. The first-order valence-corrected chi connectivity index (χ1v) is 8.25. The number of carbonyl (C=O) groups excluding carboxylic acids is 1. The molecule has 1 amide bonds. The van der Waals surface area contributed by atoms with Gasteiger partial charge in [0, 0.05) is 25.2 Å². The minimum Gasteiger partial charge on any atom is -0.444 e. The van der Waals surface area contributed by atoms with Crippen LogP contribution < -0.4 is 5.32 Å². The van der Waals surface area contributed by atoms with E-state index in [0.717, 1.165) is 18.4 Å². The lowest BCUT2D eigenvalue weighted by Gasteiger charge is -2.28. The largest absolute Gasteiger partial charge is 0.444 e. The van der Waals surface area contributed by atoms with Crippen LogP contribution in [0.3, 0.4) is 0 Å². The van der Waals surface area contributed by atoms with E-state index in [0.29, 0.717) is 19.1 Å². The lowest BCUT2D eigenvalue weighted by atomic mass is 10.1. The quantitative estimate of drug-likeness (QED) is 0.864.